The Morgan fingerprint density at radius 2 is 2.17 bits per heavy atom. The van der Waals surface area contributed by atoms with E-state index in [-0.39, 0.29) is 18.3 Å². The predicted octanol–water partition coefficient (Wildman–Crippen LogP) is 1.47. The number of benzene rings is 1. The Balaban J connectivity index is 1.59. The maximum Gasteiger partial charge on any atom is 0.258 e. The van der Waals surface area contributed by atoms with Crippen molar-refractivity contribution in [2.75, 3.05) is 6.61 Å². The minimum Gasteiger partial charge on any atom is -0.484 e. The predicted molar refractivity (Wildman–Crippen MR) is 65.8 cm³/mol. The van der Waals surface area contributed by atoms with Crippen LogP contribution in [-0.4, -0.2) is 24.3 Å². The van der Waals surface area contributed by atoms with Crippen LogP contribution in [0.5, 0.6) is 5.75 Å². The average molecular weight is 245 g/mol. The summed E-state index contributed by atoms with van der Waals surface area (Å²) >= 11 is 0. The molecule has 0 atom stereocenters. The molecule has 2 aliphatic rings. The van der Waals surface area contributed by atoms with Gasteiger partial charge < -0.3 is 10.1 Å². The minimum atomic E-state index is -0.0749. The molecular weight excluding hydrogens is 230 g/mol. The quantitative estimate of drug-likeness (QED) is 0.874. The zero-order chi connectivity index (χ0) is 12.5. The van der Waals surface area contributed by atoms with Crippen molar-refractivity contribution in [1.82, 2.24) is 5.32 Å². The third-order valence-electron chi connectivity index (χ3n) is 3.31. The number of hydrogen-bond donors (Lipinski definition) is 1. The van der Waals surface area contributed by atoms with Gasteiger partial charge in [-0.15, -0.1) is 0 Å². The third kappa shape index (κ3) is 2.37. The molecule has 0 saturated heterocycles. The summed E-state index contributed by atoms with van der Waals surface area (Å²) in [5.41, 5.74) is 1.82. The van der Waals surface area contributed by atoms with Gasteiger partial charge in [0.2, 0.25) is 0 Å². The van der Waals surface area contributed by atoms with Crippen molar-refractivity contribution < 1.29 is 14.3 Å². The number of nitrogens with one attached hydrogen (secondary N) is 1. The first kappa shape index (κ1) is 11.3. The summed E-state index contributed by atoms with van der Waals surface area (Å²) in [7, 11) is 0. The van der Waals surface area contributed by atoms with Crippen molar-refractivity contribution in [2.24, 2.45) is 0 Å². The van der Waals surface area contributed by atoms with E-state index in [0.717, 1.165) is 30.4 Å². The van der Waals surface area contributed by atoms with Gasteiger partial charge in [0.05, 0.1) is 0 Å². The normalized spacial score (nSPS) is 17.4. The van der Waals surface area contributed by atoms with Gasteiger partial charge in [-0.1, -0.05) is 0 Å². The van der Waals surface area contributed by atoms with Crippen molar-refractivity contribution in [3.63, 3.8) is 0 Å². The molecule has 1 fully saturated rings. The number of hydrogen-bond acceptors (Lipinski definition) is 3. The highest BCUT2D eigenvalue weighted by atomic mass is 16.5. The number of amides is 1. The molecule has 2 aliphatic carbocycles. The highest BCUT2D eigenvalue weighted by Crippen LogP contribution is 2.26. The van der Waals surface area contributed by atoms with Crippen LogP contribution >= 0.6 is 0 Å². The molecular formula is C14H15NO3. The van der Waals surface area contributed by atoms with E-state index in [0.29, 0.717) is 18.2 Å². The van der Waals surface area contributed by atoms with Crippen molar-refractivity contribution in [2.45, 2.75) is 31.7 Å². The summed E-state index contributed by atoms with van der Waals surface area (Å²) in [5.74, 6) is 0.784. The summed E-state index contributed by atoms with van der Waals surface area (Å²) in [4.78, 5) is 22.9. The molecule has 0 bridgehead atoms. The first-order valence-corrected chi connectivity index (χ1v) is 6.30. The summed E-state index contributed by atoms with van der Waals surface area (Å²) in [6, 6.07) is 5.77. The minimum absolute atomic E-state index is 0.0449. The van der Waals surface area contributed by atoms with Gasteiger partial charge in [-0.3, -0.25) is 9.59 Å². The second-order valence-electron chi connectivity index (χ2n) is 4.87. The van der Waals surface area contributed by atoms with Crippen LogP contribution in [-0.2, 0) is 11.2 Å². The molecule has 0 heterocycles. The number of aryl methyl sites for hydroxylation is 1. The monoisotopic (exact) mass is 245 g/mol. The van der Waals surface area contributed by atoms with Gasteiger partial charge in [0.25, 0.3) is 5.91 Å². The van der Waals surface area contributed by atoms with Gasteiger partial charge in [0.15, 0.2) is 12.4 Å². The van der Waals surface area contributed by atoms with E-state index in [1.807, 2.05) is 6.07 Å². The van der Waals surface area contributed by atoms with E-state index in [1.165, 1.54) is 0 Å². The average Bonchev–Trinajstić information content (AvgIpc) is 3.10. The maximum atomic E-state index is 11.5. The second kappa shape index (κ2) is 4.44. The van der Waals surface area contributed by atoms with Crippen LogP contribution in [0.1, 0.15) is 35.2 Å². The van der Waals surface area contributed by atoms with Gasteiger partial charge in [0.1, 0.15) is 5.75 Å². The largest absolute Gasteiger partial charge is 0.484 e. The molecule has 18 heavy (non-hydrogen) atoms. The number of Topliss-reactive ketones (excluding diaryl/α,β-unsaturated/α-hetero) is 1. The zero-order valence-electron chi connectivity index (χ0n) is 10.1. The summed E-state index contributed by atoms with van der Waals surface area (Å²) in [6.07, 6.45) is 3.51. The molecule has 1 saturated carbocycles. The Kier molecular flexibility index (Phi) is 2.78. The number of fused-ring (bicyclic) bond motifs is 1. The molecule has 1 amide bonds. The summed E-state index contributed by atoms with van der Waals surface area (Å²) in [5, 5.41) is 2.87. The molecule has 4 heteroatoms. The molecule has 3 rings (SSSR count). The van der Waals surface area contributed by atoms with E-state index >= 15 is 0 Å². The maximum absolute atomic E-state index is 11.5. The Bertz CT molecular complexity index is 506. The lowest BCUT2D eigenvalue weighted by molar-refractivity contribution is -0.123. The van der Waals surface area contributed by atoms with Crippen molar-refractivity contribution in [1.29, 1.82) is 0 Å². The first-order chi connectivity index (χ1) is 8.72. The number of ketones is 1. The van der Waals surface area contributed by atoms with Crippen LogP contribution in [0.25, 0.3) is 0 Å². The smallest absolute Gasteiger partial charge is 0.258 e. The van der Waals surface area contributed by atoms with Crippen LogP contribution in [0.2, 0.25) is 0 Å². The fourth-order valence-corrected chi connectivity index (χ4v) is 2.17. The molecule has 0 radical (unpaired) electrons. The van der Waals surface area contributed by atoms with Gasteiger partial charge in [-0.2, -0.15) is 0 Å². The Morgan fingerprint density at radius 3 is 2.94 bits per heavy atom. The summed E-state index contributed by atoms with van der Waals surface area (Å²) < 4.78 is 5.43. The fourth-order valence-electron chi connectivity index (χ4n) is 2.17. The second-order valence-corrected chi connectivity index (χ2v) is 4.87. The van der Waals surface area contributed by atoms with E-state index in [4.69, 9.17) is 4.74 Å². The van der Waals surface area contributed by atoms with Crippen LogP contribution in [0.3, 0.4) is 0 Å². The molecule has 0 aliphatic heterocycles. The SMILES string of the molecule is O=C(COc1ccc2c(c1)CCC2=O)NC1CC1. The van der Waals surface area contributed by atoms with E-state index in [2.05, 4.69) is 5.32 Å². The summed E-state index contributed by atoms with van der Waals surface area (Å²) in [6.45, 7) is 0.0449. The Labute approximate surface area is 105 Å². The van der Waals surface area contributed by atoms with Gasteiger partial charge in [-0.25, -0.2) is 0 Å². The molecule has 1 aromatic carbocycles. The van der Waals surface area contributed by atoms with E-state index in [9.17, 15) is 9.59 Å². The van der Waals surface area contributed by atoms with Gasteiger partial charge in [0, 0.05) is 18.0 Å². The van der Waals surface area contributed by atoms with Crippen molar-refractivity contribution >= 4 is 11.7 Å². The standard InChI is InChI=1S/C14H15NO3/c16-13-6-1-9-7-11(4-5-12(9)13)18-8-14(17)15-10-2-3-10/h4-5,7,10H,1-3,6,8H2,(H,15,17). The molecule has 0 unspecified atom stereocenters. The Hall–Kier alpha value is -1.84. The number of carbonyl (C=O) groups excluding carboxylic acids is 2. The van der Waals surface area contributed by atoms with Crippen molar-refractivity contribution in [3.05, 3.63) is 29.3 Å². The van der Waals surface area contributed by atoms with E-state index in [1.54, 1.807) is 12.1 Å². The zero-order valence-corrected chi connectivity index (χ0v) is 10.1. The Morgan fingerprint density at radius 1 is 1.33 bits per heavy atom. The van der Waals surface area contributed by atoms with Gasteiger partial charge in [-0.05, 0) is 43.0 Å². The number of rotatable bonds is 4. The van der Waals surface area contributed by atoms with E-state index < -0.39 is 0 Å². The van der Waals surface area contributed by atoms with Crippen LogP contribution in [0, 0.1) is 0 Å². The first-order valence-electron chi connectivity index (χ1n) is 6.30. The lowest BCUT2D eigenvalue weighted by Gasteiger charge is -2.08. The molecule has 1 aromatic rings. The molecule has 4 nitrogen and oxygen atoms in total. The van der Waals surface area contributed by atoms with Crippen LogP contribution in [0.4, 0.5) is 0 Å². The lowest BCUT2D eigenvalue weighted by Crippen LogP contribution is -2.30. The fraction of sp³-hybridized carbons (Fsp3) is 0.429. The number of carbonyl (C=O) groups is 2. The topological polar surface area (TPSA) is 55.4 Å². The highest BCUT2D eigenvalue weighted by molar-refractivity contribution is 6.00. The lowest BCUT2D eigenvalue weighted by atomic mass is 10.1. The number of ether oxygens (including phenoxy) is 1. The molecule has 1 N–H and O–H groups in total. The molecule has 0 spiro atoms. The van der Waals surface area contributed by atoms with Crippen LogP contribution < -0.4 is 10.1 Å². The van der Waals surface area contributed by atoms with Crippen LogP contribution in [0.15, 0.2) is 18.2 Å². The van der Waals surface area contributed by atoms with Gasteiger partial charge >= 0.3 is 0 Å². The molecule has 94 valence electrons. The third-order valence-corrected chi connectivity index (χ3v) is 3.31. The van der Waals surface area contributed by atoms with Crippen molar-refractivity contribution in [3.8, 4) is 5.75 Å². The molecule has 0 aromatic heterocycles. The highest BCUT2D eigenvalue weighted by Gasteiger charge is 2.23.